The fourth-order valence-corrected chi connectivity index (χ4v) is 0.464. The Kier molecular flexibility index (Phi) is 20.5. The van der Waals surface area contributed by atoms with E-state index in [2.05, 4.69) is 9.74 Å². The topological polar surface area (TPSA) is 38.5 Å². The largest absolute Gasteiger partial charge is 0.309 e. The second-order valence-corrected chi connectivity index (χ2v) is 2.03. The van der Waals surface area contributed by atoms with Crippen LogP contribution in [0.4, 0.5) is 0 Å². The lowest BCUT2D eigenvalue weighted by Crippen LogP contribution is -2.15. The Hall–Kier alpha value is 0.460. The zero-order valence-corrected chi connectivity index (χ0v) is 8.00. The van der Waals surface area contributed by atoms with E-state index < -0.39 is 0 Å². The van der Waals surface area contributed by atoms with Crippen LogP contribution < -0.4 is 5.90 Å². The highest BCUT2D eigenvalue weighted by atomic mass is 35.5. The molecule has 0 aromatic heterocycles. The molecule has 5 heteroatoms. The molecule has 3 nitrogen and oxygen atoms in total. The lowest BCUT2D eigenvalue weighted by Gasteiger charge is -2.06. The smallest absolute Gasteiger partial charge is 0.0691 e. The van der Waals surface area contributed by atoms with Crippen molar-refractivity contribution in [2.24, 2.45) is 5.90 Å². The summed E-state index contributed by atoms with van der Waals surface area (Å²) in [6.07, 6.45) is 1.00. The first kappa shape index (κ1) is 16.8. The Balaban J connectivity index is -0.000000245. The summed E-state index contributed by atoms with van der Waals surface area (Å²) in [6.45, 7) is 1.69. The summed E-state index contributed by atoms with van der Waals surface area (Å²) in [6, 6.07) is 0. The van der Waals surface area contributed by atoms with Gasteiger partial charge in [-0.25, -0.2) is 5.90 Å². The van der Waals surface area contributed by atoms with Gasteiger partial charge < -0.3 is 9.74 Å². The highest BCUT2D eigenvalue weighted by Crippen LogP contribution is 1.80. The molecule has 0 aliphatic heterocycles. The average molecular weight is 191 g/mol. The molecule has 66 valence electrons. The summed E-state index contributed by atoms with van der Waals surface area (Å²) in [4.78, 5) is 6.46. The van der Waals surface area contributed by atoms with E-state index in [9.17, 15) is 0 Å². The summed E-state index contributed by atoms with van der Waals surface area (Å²) in [7, 11) is 4.05. The second-order valence-electron chi connectivity index (χ2n) is 2.03. The van der Waals surface area contributed by atoms with E-state index in [1.165, 1.54) is 0 Å². The van der Waals surface area contributed by atoms with Crippen LogP contribution in [0.2, 0.25) is 0 Å². The van der Waals surface area contributed by atoms with Crippen LogP contribution in [0.25, 0.3) is 0 Å². The third-order valence-corrected chi connectivity index (χ3v) is 0.868. The number of hydrogen-bond acceptors (Lipinski definition) is 3. The van der Waals surface area contributed by atoms with Crippen molar-refractivity contribution in [3.05, 3.63) is 0 Å². The lowest BCUT2D eigenvalue weighted by molar-refractivity contribution is 0.129. The Morgan fingerprint density at radius 2 is 1.80 bits per heavy atom. The number of nitrogens with zero attached hydrogens (tertiary/aromatic N) is 1. The van der Waals surface area contributed by atoms with Gasteiger partial charge in [-0.05, 0) is 27.1 Å². The van der Waals surface area contributed by atoms with E-state index in [4.69, 9.17) is 5.90 Å². The molecule has 0 aromatic carbocycles. The molecular formula is C5H16Cl2N2O. The molecule has 0 spiro atoms. The molecule has 10 heavy (non-hydrogen) atoms. The Bertz CT molecular complexity index is 54.9. The molecule has 2 N–H and O–H groups in total. The molecule has 0 bridgehead atoms. The minimum absolute atomic E-state index is 0. The van der Waals surface area contributed by atoms with E-state index in [1.54, 1.807) is 0 Å². The van der Waals surface area contributed by atoms with Gasteiger partial charge in [-0.2, -0.15) is 0 Å². The van der Waals surface area contributed by atoms with E-state index >= 15 is 0 Å². The van der Waals surface area contributed by atoms with Crippen LogP contribution >= 0.6 is 24.8 Å². The average Bonchev–Trinajstić information content (AvgIpc) is 1.66. The lowest BCUT2D eigenvalue weighted by atomic mass is 10.4. The standard InChI is InChI=1S/C5H14N2O.2ClH/c1-7(2)4-3-5-8-6;;/h3-6H2,1-2H3;2*1H. The van der Waals surface area contributed by atoms with Crippen molar-refractivity contribution in [2.45, 2.75) is 6.42 Å². The number of halogens is 2. The molecule has 0 atom stereocenters. The molecule has 0 fully saturated rings. The Morgan fingerprint density at radius 3 is 2.10 bits per heavy atom. The zero-order valence-electron chi connectivity index (χ0n) is 6.37. The molecule has 0 aliphatic carbocycles. The van der Waals surface area contributed by atoms with Crippen LogP contribution in [0.5, 0.6) is 0 Å². The number of rotatable bonds is 4. The Morgan fingerprint density at radius 1 is 1.30 bits per heavy atom. The third kappa shape index (κ3) is 15.8. The van der Waals surface area contributed by atoms with Crippen LogP contribution in [0.1, 0.15) is 6.42 Å². The van der Waals surface area contributed by atoms with Gasteiger partial charge in [-0.15, -0.1) is 24.8 Å². The van der Waals surface area contributed by atoms with Crippen molar-refractivity contribution in [3.8, 4) is 0 Å². The summed E-state index contributed by atoms with van der Waals surface area (Å²) in [5, 5.41) is 0. The third-order valence-electron chi connectivity index (χ3n) is 0.868. The summed E-state index contributed by atoms with van der Waals surface area (Å²) >= 11 is 0. The molecular weight excluding hydrogens is 175 g/mol. The maximum Gasteiger partial charge on any atom is 0.0691 e. The molecule has 0 aliphatic rings. The summed E-state index contributed by atoms with van der Waals surface area (Å²) in [5.41, 5.74) is 0. The van der Waals surface area contributed by atoms with Crippen molar-refractivity contribution in [1.29, 1.82) is 0 Å². The van der Waals surface area contributed by atoms with Gasteiger partial charge in [0.2, 0.25) is 0 Å². The molecule has 0 amide bonds. The van der Waals surface area contributed by atoms with Crippen LogP contribution in [0, 0.1) is 0 Å². The van der Waals surface area contributed by atoms with E-state index in [0.717, 1.165) is 13.0 Å². The van der Waals surface area contributed by atoms with Crippen molar-refractivity contribution in [2.75, 3.05) is 27.2 Å². The molecule has 0 rings (SSSR count). The number of nitrogens with two attached hydrogens (primary N) is 1. The van der Waals surface area contributed by atoms with Crippen LogP contribution in [0.15, 0.2) is 0 Å². The van der Waals surface area contributed by atoms with Gasteiger partial charge in [0, 0.05) is 0 Å². The highest BCUT2D eigenvalue weighted by molar-refractivity contribution is 5.85. The molecule has 0 aromatic rings. The first-order chi connectivity index (χ1) is 3.77. The predicted octanol–water partition coefficient (Wildman–Crippen LogP) is 0.672. The van der Waals surface area contributed by atoms with Gasteiger partial charge in [-0.1, -0.05) is 0 Å². The van der Waals surface area contributed by atoms with E-state index in [0.29, 0.717) is 6.61 Å². The van der Waals surface area contributed by atoms with Gasteiger partial charge in [0.05, 0.1) is 6.61 Å². The molecule has 0 radical (unpaired) electrons. The second kappa shape index (κ2) is 12.2. The maximum atomic E-state index is 4.80. The number of hydrogen-bond donors (Lipinski definition) is 1. The van der Waals surface area contributed by atoms with Crippen molar-refractivity contribution >= 4 is 24.8 Å². The van der Waals surface area contributed by atoms with Crippen LogP contribution in [-0.4, -0.2) is 32.1 Å². The van der Waals surface area contributed by atoms with Crippen LogP contribution in [-0.2, 0) is 4.84 Å². The molecule has 0 heterocycles. The predicted molar refractivity (Wildman–Crippen MR) is 47.8 cm³/mol. The molecule has 0 saturated carbocycles. The minimum Gasteiger partial charge on any atom is -0.309 e. The van der Waals surface area contributed by atoms with Crippen LogP contribution in [0.3, 0.4) is 0 Å². The van der Waals surface area contributed by atoms with Crippen molar-refractivity contribution in [1.82, 2.24) is 4.90 Å². The Labute approximate surface area is 74.7 Å². The van der Waals surface area contributed by atoms with Gasteiger partial charge in [0.1, 0.15) is 0 Å². The van der Waals surface area contributed by atoms with Crippen molar-refractivity contribution < 1.29 is 4.84 Å². The zero-order chi connectivity index (χ0) is 6.41. The first-order valence-corrected chi connectivity index (χ1v) is 2.74. The quantitative estimate of drug-likeness (QED) is 0.524. The minimum atomic E-state index is 0. The normalized spacial score (nSPS) is 8.40. The fraction of sp³-hybridized carbons (Fsp3) is 1.00. The summed E-state index contributed by atoms with van der Waals surface area (Å²) < 4.78 is 0. The SMILES string of the molecule is CN(C)CCCON.Cl.Cl. The van der Waals surface area contributed by atoms with Gasteiger partial charge in [0.15, 0.2) is 0 Å². The summed E-state index contributed by atoms with van der Waals surface area (Å²) in [5.74, 6) is 4.80. The molecule has 0 saturated heterocycles. The highest BCUT2D eigenvalue weighted by Gasteiger charge is 1.87. The monoisotopic (exact) mass is 190 g/mol. The maximum absolute atomic E-state index is 4.80. The van der Waals surface area contributed by atoms with Crippen molar-refractivity contribution in [3.63, 3.8) is 0 Å². The van der Waals surface area contributed by atoms with Gasteiger partial charge in [-0.3, -0.25) is 0 Å². The van der Waals surface area contributed by atoms with E-state index in [1.807, 2.05) is 14.1 Å². The van der Waals surface area contributed by atoms with E-state index in [-0.39, 0.29) is 24.8 Å². The van der Waals surface area contributed by atoms with Gasteiger partial charge >= 0.3 is 0 Å². The van der Waals surface area contributed by atoms with Gasteiger partial charge in [0.25, 0.3) is 0 Å². The fourth-order valence-electron chi connectivity index (χ4n) is 0.464. The molecule has 0 unspecified atom stereocenters. The first-order valence-electron chi connectivity index (χ1n) is 2.74.